The third kappa shape index (κ3) is 2.98. The summed E-state index contributed by atoms with van der Waals surface area (Å²) in [6, 6.07) is 7.14. The number of aliphatic hydroxyl groups excluding tert-OH is 1. The van der Waals surface area contributed by atoms with E-state index in [9.17, 15) is 0 Å². The summed E-state index contributed by atoms with van der Waals surface area (Å²) in [6.45, 7) is 3.60. The lowest BCUT2D eigenvalue weighted by molar-refractivity contribution is 0.281. The van der Waals surface area contributed by atoms with Crippen molar-refractivity contribution in [2.45, 2.75) is 20.5 Å². The molecule has 0 aliphatic rings. The Hall–Kier alpha value is -2.18. The van der Waals surface area contributed by atoms with E-state index >= 15 is 0 Å². The number of hydrazine groups is 1. The van der Waals surface area contributed by atoms with Gasteiger partial charge in [0.25, 0.3) is 0 Å². The van der Waals surface area contributed by atoms with Crippen molar-refractivity contribution in [3.63, 3.8) is 0 Å². The number of nitrogens with two attached hydrogens (primary N) is 1. The second-order valence-electron chi connectivity index (χ2n) is 4.10. The molecule has 0 atom stereocenters. The standard InChI is InChI=1S/C13H16N4O2/c1-8-12(17-14)15-9(2)16-13(8)19-11-5-3-10(7-18)4-6-11/h3-6,18H,7,14H2,1-2H3,(H,15,16,17). The number of rotatable bonds is 4. The molecule has 0 fully saturated rings. The van der Waals surface area contributed by atoms with Gasteiger partial charge in [0.05, 0.1) is 12.2 Å². The monoisotopic (exact) mass is 260 g/mol. The molecule has 6 heteroatoms. The molecule has 0 bridgehead atoms. The highest BCUT2D eigenvalue weighted by atomic mass is 16.5. The van der Waals surface area contributed by atoms with Crippen molar-refractivity contribution in [2.24, 2.45) is 5.84 Å². The molecule has 2 aromatic rings. The van der Waals surface area contributed by atoms with Crippen molar-refractivity contribution in [1.82, 2.24) is 9.97 Å². The molecule has 0 aliphatic heterocycles. The van der Waals surface area contributed by atoms with E-state index < -0.39 is 0 Å². The molecule has 19 heavy (non-hydrogen) atoms. The molecular formula is C13H16N4O2. The molecule has 0 amide bonds. The van der Waals surface area contributed by atoms with Crippen LogP contribution in [-0.2, 0) is 6.61 Å². The summed E-state index contributed by atoms with van der Waals surface area (Å²) in [6.07, 6.45) is 0. The second-order valence-corrected chi connectivity index (χ2v) is 4.10. The van der Waals surface area contributed by atoms with Gasteiger partial charge in [0, 0.05) is 0 Å². The van der Waals surface area contributed by atoms with Crippen molar-refractivity contribution < 1.29 is 9.84 Å². The van der Waals surface area contributed by atoms with Gasteiger partial charge >= 0.3 is 0 Å². The van der Waals surface area contributed by atoms with Crippen molar-refractivity contribution in [3.8, 4) is 11.6 Å². The molecule has 0 saturated heterocycles. The Morgan fingerprint density at radius 3 is 2.47 bits per heavy atom. The molecule has 1 aromatic carbocycles. The first-order chi connectivity index (χ1) is 9.13. The van der Waals surface area contributed by atoms with Crippen LogP contribution in [-0.4, -0.2) is 15.1 Å². The average molecular weight is 260 g/mol. The van der Waals surface area contributed by atoms with Crippen LogP contribution in [0.1, 0.15) is 17.0 Å². The topological polar surface area (TPSA) is 93.3 Å². The quantitative estimate of drug-likeness (QED) is 0.572. The van der Waals surface area contributed by atoms with Crippen LogP contribution in [0.25, 0.3) is 0 Å². The van der Waals surface area contributed by atoms with Gasteiger partial charge in [0.1, 0.15) is 17.4 Å². The van der Waals surface area contributed by atoms with Crippen LogP contribution in [0, 0.1) is 13.8 Å². The van der Waals surface area contributed by atoms with Crippen LogP contribution in [0.2, 0.25) is 0 Å². The fourth-order valence-corrected chi connectivity index (χ4v) is 1.62. The number of aryl methyl sites for hydroxylation is 1. The predicted molar refractivity (Wildman–Crippen MR) is 71.8 cm³/mol. The summed E-state index contributed by atoms with van der Waals surface area (Å²) in [5.74, 6) is 7.60. The first-order valence-corrected chi connectivity index (χ1v) is 5.83. The number of ether oxygens (including phenoxy) is 1. The normalized spacial score (nSPS) is 10.3. The van der Waals surface area contributed by atoms with E-state index in [0.29, 0.717) is 23.3 Å². The maximum atomic E-state index is 8.98. The lowest BCUT2D eigenvalue weighted by atomic mass is 10.2. The smallest absolute Gasteiger partial charge is 0.227 e. The maximum Gasteiger partial charge on any atom is 0.227 e. The van der Waals surface area contributed by atoms with E-state index in [1.165, 1.54) is 0 Å². The minimum absolute atomic E-state index is 0.00711. The highest BCUT2D eigenvalue weighted by Crippen LogP contribution is 2.26. The molecule has 0 unspecified atom stereocenters. The molecule has 6 nitrogen and oxygen atoms in total. The Morgan fingerprint density at radius 1 is 1.21 bits per heavy atom. The molecule has 0 saturated carbocycles. The van der Waals surface area contributed by atoms with Crippen molar-refractivity contribution in [2.75, 3.05) is 5.43 Å². The molecule has 100 valence electrons. The van der Waals surface area contributed by atoms with E-state index in [-0.39, 0.29) is 6.61 Å². The number of benzene rings is 1. The lowest BCUT2D eigenvalue weighted by Crippen LogP contribution is -2.12. The van der Waals surface area contributed by atoms with E-state index in [1.54, 1.807) is 31.2 Å². The first-order valence-electron chi connectivity index (χ1n) is 5.83. The second kappa shape index (κ2) is 5.64. The SMILES string of the molecule is Cc1nc(NN)c(C)c(Oc2ccc(CO)cc2)n1. The average Bonchev–Trinajstić information content (AvgIpc) is 2.43. The number of nitrogen functional groups attached to an aromatic ring is 1. The highest BCUT2D eigenvalue weighted by Gasteiger charge is 2.10. The summed E-state index contributed by atoms with van der Waals surface area (Å²) in [5.41, 5.74) is 4.08. The molecule has 0 radical (unpaired) electrons. The molecule has 1 heterocycles. The number of anilines is 1. The fourth-order valence-electron chi connectivity index (χ4n) is 1.62. The van der Waals surface area contributed by atoms with Gasteiger partial charge in [-0.15, -0.1) is 0 Å². The van der Waals surface area contributed by atoms with Crippen molar-refractivity contribution in [3.05, 3.63) is 41.2 Å². The van der Waals surface area contributed by atoms with Crippen LogP contribution in [0.3, 0.4) is 0 Å². The van der Waals surface area contributed by atoms with Gasteiger partial charge in [-0.3, -0.25) is 0 Å². The minimum Gasteiger partial charge on any atom is -0.439 e. The van der Waals surface area contributed by atoms with Crippen LogP contribution in [0.4, 0.5) is 5.82 Å². The Bertz CT molecular complexity index is 570. The van der Waals surface area contributed by atoms with E-state index in [2.05, 4.69) is 15.4 Å². The molecule has 1 aromatic heterocycles. The Balaban J connectivity index is 2.29. The number of nitrogens with zero attached hydrogens (tertiary/aromatic N) is 2. The van der Waals surface area contributed by atoms with Gasteiger partial charge in [-0.25, -0.2) is 10.8 Å². The summed E-state index contributed by atoms with van der Waals surface area (Å²) < 4.78 is 5.70. The van der Waals surface area contributed by atoms with Crippen LogP contribution >= 0.6 is 0 Å². The molecule has 0 aliphatic carbocycles. The van der Waals surface area contributed by atoms with E-state index in [1.807, 2.05) is 6.92 Å². The molecular weight excluding hydrogens is 244 g/mol. The third-order valence-electron chi connectivity index (χ3n) is 2.67. The minimum atomic E-state index is 0.00711. The number of nitrogens with one attached hydrogen (secondary N) is 1. The van der Waals surface area contributed by atoms with Crippen LogP contribution in [0.5, 0.6) is 11.6 Å². The lowest BCUT2D eigenvalue weighted by Gasteiger charge is -2.11. The largest absolute Gasteiger partial charge is 0.439 e. The van der Waals surface area contributed by atoms with Crippen LogP contribution in [0.15, 0.2) is 24.3 Å². The van der Waals surface area contributed by atoms with Crippen molar-refractivity contribution in [1.29, 1.82) is 0 Å². The van der Waals surface area contributed by atoms with E-state index in [0.717, 1.165) is 11.1 Å². The Labute approximate surface area is 111 Å². The van der Waals surface area contributed by atoms with Gasteiger partial charge < -0.3 is 15.3 Å². The molecule has 0 spiro atoms. The number of hydrogen-bond acceptors (Lipinski definition) is 6. The first kappa shape index (κ1) is 13.3. The summed E-state index contributed by atoms with van der Waals surface area (Å²) in [4.78, 5) is 8.40. The van der Waals surface area contributed by atoms with Gasteiger partial charge in [-0.1, -0.05) is 12.1 Å². The maximum absolute atomic E-state index is 8.98. The Kier molecular flexibility index (Phi) is 3.94. The third-order valence-corrected chi connectivity index (χ3v) is 2.67. The molecule has 2 rings (SSSR count). The number of aliphatic hydroxyl groups is 1. The molecule has 4 N–H and O–H groups in total. The summed E-state index contributed by atoms with van der Waals surface area (Å²) >= 11 is 0. The zero-order valence-electron chi connectivity index (χ0n) is 10.8. The fraction of sp³-hybridized carbons (Fsp3) is 0.231. The Morgan fingerprint density at radius 2 is 1.89 bits per heavy atom. The number of hydrogen-bond donors (Lipinski definition) is 3. The van der Waals surface area contributed by atoms with E-state index in [4.69, 9.17) is 15.7 Å². The van der Waals surface area contributed by atoms with Gasteiger partial charge in [0.15, 0.2) is 0 Å². The van der Waals surface area contributed by atoms with Gasteiger partial charge in [-0.05, 0) is 31.5 Å². The zero-order chi connectivity index (χ0) is 13.8. The summed E-state index contributed by atoms with van der Waals surface area (Å²) in [5, 5.41) is 8.98. The predicted octanol–water partition coefficient (Wildman–Crippen LogP) is 1.66. The highest BCUT2D eigenvalue weighted by molar-refractivity contribution is 5.48. The van der Waals surface area contributed by atoms with Gasteiger partial charge in [0.2, 0.25) is 5.88 Å². The number of aromatic nitrogens is 2. The van der Waals surface area contributed by atoms with Gasteiger partial charge in [-0.2, -0.15) is 4.98 Å². The zero-order valence-corrected chi connectivity index (χ0v) is 10.8. The summed E-state index contributed by atoms with van der Waals surface area (Å²) in [7, 11) is 0. The van der Waals surface area contributed by atoms with Crippen molar-refractivity contribution >= 4 is 5.82 Å². The van der Waals surface area contributed by atoms with Crippen LogP contribution < -0.4 is 16.0 Å².